The number of benzene rings is 1. The van der Waals surface area contributed by atoms with Crippen molar-refractivity contribution < 1.29 is 0 Å². The van der Waals surface area contributed by atoms with Gasteiger partial charge in [-0.15, -0.1) is 0 Å². The summed E-state index contributed by atoms with van der Waals surface area (Å²) in [5, 5.41) is 0.792. The van der Waals surface area contributed by atoms with Crippen LogP contribution in [-0.4, -0.2) is 0 Å². The minimum absolute atomic E-state index is 0.0645. The van der Waals surface area contributed by atoms with Crippen LogP contribution >= 0.6 is 11.6 Å². The van der Waals surface area contributed by atoms with E-state index in [4.69, 9.17) is 17.3 Å². The summed E-state index contributed by atoms with van der Waals surface area (Å²) >= 11 is 5.88. The van der Waals surface area contributed by atoms with Crippen LogP contribution in [0, 0.1) is 5.41 Å². The molecule has 1 aromatic rings. The number of rotatable bonds is 1. The molecule has 2 heteroatoms. The molecule has 0 saturated heterocycles. The van der Waals surface area contributed by atoms with Gasteiger partial charge in [-0.1, -0.05) is 30.2 Å². The summed E-state index contributed by atoms with van der Waals surface area (Å²) in [6.45, 7) is 0. The van der Waals surface area contributed by atoms with Gasteiger partial charge in [0.25, 0.3) is 0 Å². The fourth-order valence-electron chi connectivity index (χ4n) is 3.30. The van der Waals surface area contributed by atoms with Gasteiger partial charge in [0, 0.05) is 10.6 Å². The molecule has 2 fully saturated rings. The van der Waals surface area contributed by atoms with E-state index in [1.54, 1.807) is 0 Å². The van der Waals surface area contributed by atoms with Crippen molar-refractivity contribution in [1.29, 1.82) is 0 Å². The molecule has 0 unspecified atom stereocenters. The van der Waals surface area contributed by atoms with E-state index in [-0.39, 0.29) is 5.54 Å². The molecule has 0 aromatic heterocycles. The molecule has 3 rings (SSSR count). The van der Waals surface area contributed by atoms with Crippen LogP contribution in [0.5, 0.6) is 0 Å². The molecule has 1 nitrogen and oxygen atoms in total. The minimum atomic E-state index is -0.0645. The Balaban J connectivity index is 1.80. The molecule has 2 aliphatic carbocycles. The molecular formula is C13H16ClN. The normalized spacial score (nSPS) is 25.7. The monoisotopic (exact) mass is 221 g/mol. The third-order valence-corrected chi connectivity index (χ3v) is 4.47. The van der Waals surface area contributed by atoms with Crippen LogP contribution in [0.1, 0.15) is 37.7 Å². The molecule has 0 amide bonds. The molecule has 1 aromatic carbocycles. The summed E-state index contributed by atoms with van der Waals surface area (Å²) < 4.78 is 0. The molecule has 0 atom stereocenters. The highest BCUT2D eigenvalue weighted by molar-refractivity contribution is 6.30. The zero-order valence-electron chi connectivity index (χ0n) is 8.80. The lowest BCUT2D eigenvalue weighted by molar-refractivity contribution is -0.0462. The van der Waals surface area contributed by atoms with Crippen LogP contribution in [0.25, 0.3) is 0 Å². The van der Waals surface area contributed by atoms with Gasteiger partial charge >= 0.3 is 0 Å². The third kappa shape index (κ3) is 1.41. The maximum atomic E-state index is 6.42. The van der Waals surface area contributed by atoms with Gasteiger partial charge in [0.1, 0.15) is 0 Å². The molecule has 0 heterocycles. The van der Waals surface area contributed by atoms with Gasteiger partial charge in [-0.3, -0.25) is 0 Å². The van der Waals surface area contributed by atoms with Crippen LogP contribution in [0.4, 0.5) is 0 Å². The Bertz CT molecular complexity index is 370. The average Bonchev–Trinajstić information content (AvgIpc) is 2.11. The highest BCUT2D eigenvalue weighted by Gasteiger charge is 2.55. The molecule has 80 valence electrons. The Labute approximate surface area is 95.6 Å². The molecule has 2 aliphatic rings. The Morgan fingerprint density at radius 1 is 1.07 bits per heavy atom. The van der Waals surface area contributed by atoms with Crippen molar-refractivity contribution in [3.63, 3.8) is 0 Å². The Kier molecular flexibility index (Phi) is 1.93. The molecular weight excluding hydrogens is 206 g/mol. The number of hydrogen-bond acceptors (Lipinski definition) is 1. The van der Waals surface area contributed by atoms with E-state index in [0.29, 0.717) is 5.41 Å². The number of halogens is 1. The van der Waals surface area contributed by atoms with Crippen molar-refractivity contribution in [2.24, 2.45) is 11.1 Å². The van der Waals surface area contributed by atoms with Gasteiger partial charge in [-0.2, -0.15) is 0 Å². The second kappa shape index (κ2) is 2.99. The first-order valence-electron chi connectivity index (χ1n) is 5.67. The summed E-state index contributed by atoms with van der Waals surface area (Å²) in [5.74, 6) is 0. The van der Waals surface area contributed by atoms with Crippen molar-refractivity contribution in [3.05, 3.63) is 34.9 Å². The molecule has 15 heavy (non-hydrogen) atoms. The predicted molar refractivity (Wildman–Crippen MR) is 62.8 cm³/mol. The molecule has 2 N–H and O–H groups in total. The van der Waals surface area contributed by atoms with Gasteiger partial charge in [-0.05, 0) is 48.8 Å². The van der Waals surface area contributed by atoms with E-state index in [0.717, 1.165) is 5.02 Å². The van der Waals surface area contributed by atoms with Crippen LogP contribution in [0.15, 0.2) is 24.3 Å². The number of nitrogens with two attached hydrogens (primary N) is 1. The molecule has 0 aliphatic heterocycles. The van der Waals surface area contributed by atoms with E-state index in [1.807, 2.05) is 12.1 Å². The largest absolute Gasteiger partial charge is 0.321 e. The van der Waals surface area contributed by atoms with E-state index in [2.05, 4.69) is 12.1 Å². The van der Waals surface area contributed by atoms with Crippen molar-refractivity contribution in [2.45, 2.75) is 37.6 Å². The second-order valence-corrected chi connectivity index (χ2v) is 5.81. The maximum absolute atomic E-state index is 6.42. The topological polar surface area (TPSA) is 26.0 Å². The zero-order chi connectivity index (χ0) is 10.5. The second-order valence-electron chi connectivity index (χ2n) is 5.37. The summed E-state index contributed by atoms with van der Waals surface area (Å²) in [5.41, 5.74) is 8.23. The first-order chi connectivity index (χ1) is 7.12. The zero-order valence-corrected chi connectivity index (χ0v) is 9.56. The SMILES string of the molecule is NC1(c2ccc(Cl)cc2)CC2(CCC2)C1. The van der Waals surface area contributed by atoms with Crippen molar-refractivity contribution in [3.8, 4) is 0 Å². The quantitative estimate of drug-likeness (QED) is 0.772. The van der Waals surface area contributed by atoms with E-state index >= 15 is 0 Å². The highest BCUT2D eigenvalue weighted by Crippen LogP contribution is 2.62. The summed E-state index contributed by atoms with van der Waals surface area (Å²) in [6.07, 6.45) is 6.51. The molecule has 0 bridgehead atoms. The number of hydrogen-bond donors (Lipinski definition) is 1. The highest BCUT2D eigenvalue weighted by atomic mass is 35.5. The van der Waals surface area contributed by atoms with Crippen molar-refractivity contribution >= 4 is 11.6 Å². The lowest BCUT2D eigenvalue weighted by atomic mass is 9.47. The summed E-state index contributed by atoms with van der Waals surface area (Å²) in [4.78, 5) is 0. The van der Waals surface area contributed by atoms with Crippen LogP contribution in [0.2, 0.25) is 5.02 Å². The maximum Gasteiger partial charge on any atom is 0.0420 e. The van der Waals surface area contributed by atoms with Crippen molar-refractivity contribution in [2.75, 3.05) is 0 Å². The average molecular weight is 222 g/mol. The van der Waals surface area contributed by atoms with Gasteiger partial charge < -0.3 is 5.73 Å². The van der Waals surface area contributed by atoms with Gasteiger partial charge in [0.05, 0.1) is 0 Å². The third-order valence-electron chi connectivity index (χ3n) is 4.21. The van der Waals surface area contributed by atoms with Gasteiger partial charge in [0.2, 0.25) is 0 Å². The molecule has 2 saturated carbocycles. The first-order valence-corrected chi connectivity index (χ1v) is 6.05. The van der Waals surface area contributed by atoms with E-state index < -0.39 is 0 Å². The minimum Gasteiger partial charge on any atom is -0.321 e. The Morgan fingerprint density at radius 2 is 1.67 bits per heavy atom. The lowest BCUT2D eigenvalue weighted by Gasteiger charge is -2.60. The fraction of sp³-hybridized carbons (Fsp3) is 0.538. The van der Waals surface area contributed by atoms with Crippen LogP contribution in [-0.2, 0) is 5.54 Å². The first kappa shape index (κ1) is 9.68. The van der Waals surface area contributed by atoms with Crippen LogP contribution < -0.4 is 5.73 Å². The Morgan fingerprint density at radius 3 is 2.13 bits per heavy atom. The summed E-state index contributed by atoms with van der Waals surface area (Å²) in [7, 11) is 0. The van der Waals surface area contributed by atoms with Crippen LogP contribution in [0.3, 0.4) is 0 Å². The fourth-order valence-corrected chi connectivity index (χ4v) is 3.43. The van der Waals surface area contributed by atoms with Gasteiger partial charge in [-0.25, -0.2) is 0 Å². The lowest BCUT2D eigenvalue weighted by Crippen LogP contribution is -2.58. The Hall–Kier alpha value is -0.530. The molecule has 1 spiro atoms. The smallest absolute Gasteiger partial charge is 0.0420 e. The van der Waals surface area contributed by atoms with Gasteiger partial charge in [0.15, 0.2) is 0 Å². The molecule has 0 radical (unpaired) electrons. The summed E-state index contributed by atoms with van der Waals surface area (Å²) in [6, 6.07) is 8.04. The van der Waals surface area contributed by atoms with E-state index in [9.17, 15) is 0 Å². The standard InChI is InChI=1S/C13H16ClN/c14-11-4-2-10(3-5-11)13(15)8-12(9-13)6-1-7-12/h2-5H,1,6-9,15H2. The predicted octanol–water partition coefficient (Wildman–Crippen LogP) is 3.46. The van der Waals surface area contributed by atoms with E-state index in [1.165, 1.54) is 37.7 Å². The van der Waals surface area contributed by atoms with Crippen molar-refractivity contribution in [1.82, 2.24) is 0 Å².